The maximum Gasteiger partial charge on any atom is 0.282 e. The second-order valence-electron chi connectivity index (χ2n) is 4.58. The molecule has 0 amide bonds. The zero-order chi connectivity index (χ0) is 15.1. The van der Waals surface area contributed by atoms with E-state index in [4.69, 9.17) is 0 Å². The predicted molar refractivity (Wildman–Crippen MR) is 87.6 cm³/mol. The van der Waals surface area contributed by atoms with E-state index < -0.39 is 0 Å². The van der Waals surface area contributed by atoms with Crippen molar-refractivity contribution in [1.29, 1.82) is 0 Å². The van der Waals surface area contributed by atoms with Crippen LogP contribution in [0.25, 0.3) is 0 Å². The number of rotatable bonds is 7. The minimum atomic E-state index is -0.142. The van der Waals surface area contributed by atoms with Gasteiger partial charge in [-0.15, -0.1) is 0 Å². The van der Waals surface area contributed by atoms with E-state index in [2.05, 4.69) is 36.6 Å². The van der Waals surface area contributed by atoms with Crippen LogP contribution in [0, 0.1) is 0 Å². The van der Waals surface area contributed by atoms with Gasteiger partial charge in [0, 0.05) is 26.3 Å². The third kappa shape index (κ3) is 4.56. The summed E-state index contributed by atoms with van der Waals surface area (Å²) in [6.45, 7) is 1.66. The number of hydrogen-bond donors (Lipinski definition) is 2. The van der Waals surface area contributed by atoms with Crippen LogP contribution < -0.4 is 16.2 Å². The number of unbranched alkanes of at least 4 members (excludes halogenated alkanes) is 1. The van der Waals surface area contributed by atoms with E-state index in [1.165, 1.54) is 4.68 Å². The van der Waals surface area contributed by atoms with Gasteiger partial charge in [-0.3, -0.25) is 4.79 Å². The van der Waals surface area contributed by atoms with Crippen molar-refractivity contribution in [1.82, 2.24) is 14.8 Å². The fourth-order valence-electron chi connectivity index (χ4n) is 1.79. The van der Waals surface area contributed by atoms with Crippen LogP contribution in [0.4, 0.5) is 11.5 Å². The van der Waals surface area contributed by atoms with Crippen molar-refractivity contribution in [3.8, 4) is 0 Å². The largest absolute Gasteiger partial charge is 0.383 e. The van der Waals surface area contributed by atoms with Crippen LogP contribution in [0.2, 0.25) is 0 Å². The smallest absolute Gasteiger partial charge is 0.282 e. The van der Waals surface area contributed by atoms with Gasteiger partial charge in [0.2, 0.25) is 0 Å². The molecule has 0 fully saturated rings. The molecule has 0 aliphatic rings. The Morgan fingerprint density at radius 1 is 1.24 bits per heavy atom. The van der Waals surface area contributed by atoms with Crippen LogP contribution in [0.3, 0.4) is 0 Å². The van der Waals surface area contributed by atoms with E-state index in [9.17, 15) is 4.79 Å². The summed E-state index contributed by atoms with van der Waals surface area (Å²) in [5, 5.41) is 10.5. The molecule has 0 unspecified atom stereocenters. The van der Waals surface area contributed by atoms with Crippen molar-refractivity contribution in [2.75, 3.05) is 23.7 Å². The van der Waals surface area contributed by atoms with Gasteiger partial charge in [-0.2, -0.15) is 5.10 Å². The fourth-order valence-corrected chi connectivity index (χ4v) is 2.29. The summed E-state index contributed by atoms with van der Waals surface area (Å²) < 4.78 is 1.82. The van der Waals surface area contributed by atoms with Crippen molar-refractivity contribution in [3.05, 3.63) is 45.4 Å². The van der Waals surface area contributed by atoms with Crippen molar-refractivity contribution in [2.45, 2.75) is 12.8 Å². The van der Waals surface area contributed by atoms with Crippen LogP contribution in [0.15, 0.2) is 39.9 Å². The zero-order valence-corrected chi connectivity index (χ0v) is 13.4. The summed E-state index contributed by atoms with van der Waals surface area (Å²) in [5.74, 6) is 0.893. The number of aryl methyl sites for hydroxylation is 1. The third-order valence-electron chi connectivity index (χ3n) is 2.97. The lowest BCUT2D eigenvalue weighted by atomic mass is 10.3. The minimum absolute atomic E-state index is 0.142. The van der Waals surface area contributed by atoms with Gasteiger partial charge in [0.25, 0.3) is 5.56 Å². The van der Waals surface area contributed by atoms with E-state index in [0.717, 1.165) is 37.4 Å². The number of hydrogen-bond acceptors (Lipinski definition) is 5. The second-order valence-corrected chi connectivity index (χ2v) is 5.37. The molecule has 0 bridgehead atoms. The summed E-state index contributed by atoms with van der Waals surface area (Å²) in [5.41, 5.74) is 0.590. The molecule has 0 atom stereocenters. The number of nitrogens with zero attached hydrogens (tertiary/aromatic N) is 3. The standard InChI is InChI=1S/C14H18BrN5O/c1-20-14(21)13(15)11(10-19-20)16-7-4-5-9-18-12-6-2-3-8-17-12/h2-3,6,8,10,16H,4-5,7,9H2,1H3,(H,17,18). The van der Waals surface area contributed by atoms with Crippen LogP contribution in [-0.4, -0.2) is 27.9 Å². The Morgan fingerprint density at radius 3 is 2.71 bits per heavy atom. The first-order valence-corrected chi connectivity index (χ1v) is 7.58. The number of pyridine rings is 1. The summed E-state index contributed by atoms with van der Waals surface area (Å²) >= 11 is 3.29. The number of aromatic nitrogens is 3. The van der Waals surface area contributed by atoms with E-state index >= 15 is 0 Å². The van der Waals surface area contributed by atoms with Gasteiger partial charge in [0.05, 0.1) is 11.9 Å². The Bertz CT molecular complexity index is 629. The zero-order valence-electron chi connectivity index (χ0n) is 11.8. The molecule has 2 N–H and O–H groups in total. The molecule has 0 saturated heterocycles. The van der Waals surface area contributed by atoms with Gasteiger partial charge in [0.15, 0.2) is 0 Å². The van der Waals surface area contributed by atoms with Crippen LogP contribution in [-0.2, 0) is 7.05 Å². The lowest BCUT2D eigenvalue weighted by molar-refractivity contribution is 0.702. The Morgan fingerprint density at radius 2 is 2.00 bits per heavy atom. The van der Waals surface area contributed by atoms with Gasteiger partial charge in [0.1, 0.15) is 10.3 Å². The molecule has 0 aliphatic carbocycles. The first-order valence-electron chi connectivity index (χ1n) is 6.79. The molecule has 0 spiro atoms. The van der Waals surface area contributed by atoms with Crippen LogP contribution in [0.5, 0.6) is 0 Å². The molecule has 21 heavy (non-hydrogen) atoms. The summed E-state index contributed by atoms with van der Waals surface area (Å²) in [6, 6.07) is 5.79. The average molecular weight is 352 g/mol. The molecule has 0 aromatic carbocycles. The SMILES string of the molecule is Cn1ncc(NCCCCNc2ccccn2)c(Br)c1=O. The van der Waals surface area contributed by atoms with E-state index in [0.29, 0.717) is 4.47 Å². The maximum atomic E-state index is 11.7. The lowest BCUT2D eigenvalue weighted by Gasteiger charge is -2.09. The highest BCUT2D eigenvalue weighted by Gasteiger charge is 2.05. The van der Waals surface area contributed by atoms with E-state index in [1.807, 2.05) is 18.2 Å². The van der Waals surface area contributed by atoms with Gasteiger partial charge < -0.3 is 10.6 Å². The van der Waals surface area contributed by atoms with Crippen molar-refractivity contribution < 1.29 is 0 Å². The quantitative estimate of drug-likeness (QED) is 0.748. The molecule has 2 aromatic heterocycles. The summed E-state index contributed by atoms with van der Waals surface area (Å²) in [6.07, 6.45) is 5.42. The first kappa shape index (κ1) is 15.5. The number of anilines is 2. The lowest BCUT2D eigenvalue weighted by Crippen LogP contribution is -2.21. The molecule has 0 aliphatic heterocycles. The Kier molecular flexibility index (Phi) is 5.74. The maximum absolute atomic E-state index is 11.7. The molecule has 6 nitrogen and oxygen atoms in total. The van der Waals surface area contributed by atoms with Crippen molar-refractivity contribution >= 4 is 27.4 Å². The average Bonchev–Trinajstić information content (AvgIpc) is 2.51. The van der Waals surface area contributed by atoms with Gasteiger partial charge in [-0.25, -0.2) is 9.67 Å². The Labute approximate surface area is 131 Å². The second kappa shape index (κ2) is 7.78. The molecule has 2 aromatic rings. The molecule has 0 radical (unpaired) electrons. The number of halogens is 1. The molecular formula is C14H18BrN5O. The molecule has 0 saturated carbocycles. The summed E-state index contributed by atoms with van der Waals surface area (Å²) in [4.78, 5) is 15.9. The molecule has 2 heterocycles. The number of nitrogens with one attached hydrogen (secondary N) is 2. The molecule has 7 heteroatoms. The van der Waals surface area contributed by atoms with Crippen molar-refractivity contribution in [2.24, 2.45) is 7.05 Å². The predicted octanol–water partition coefficient (Wildman–Crippen LogP) is 2.24. The van der Waals surface area contributed by atoms with E-state index in [1.54, 1.807) is 19.4 Å². The van der Waals surface area contributed by atoms with Crippen molar-refractivity contribution in [3.63, 3.8) is 0 Å². The van der Waals surface area contributed by atoms with Gasteiger partial charge >= 0.3 is 0 Å². The highest BCUT2D eigenvalue weighted by Crippen LogP contribution is 2.15. The van der Waals surface area contributed by atoms with Crippen LogP contribution >= 0.6 is 15.9 Å². The van der Waals surface area contributed by atoms with E-state index in [-0.39, 0.29) is 5.56 Å². The monoisotopic (exact) mass is 351 g/mol. The highest BCUT2D eigenvalue weighted by atomic mass is 79.9. The molecule has 2 rings (SSSR count). The Hall–Kier alpha value is -1.89. The van der Waals surface area contributed by atoms with Gasteiger partial charge in [-0.05, 0) is 40.9 Å². The molecular weight excluding hydrogens is 334 g/mol. The minimum Gasteiger partial charge on any atom is -0.383 e. The Balaban J connectivity index is 1.68. The van der Waals surface area contributed by atoms with Crippen LogP contribution in [0.1, 0.15) is 12.8 Å². The summed E-state index contributed by atoms with van der Waals surface area (Å²) in [7, 11) is 1.63. The topological polar surface area (TPSA) is 71.8 Å². The van der Waals surface area contributed by atoms with Gasteiger partial charge in [-0.1, -0.05) is 6.07 Å². The fraction of sp³-hybridized carbons (Fsp3) is 0.357. The highest BCUT2D eigenvalue weighted by molar-refractivity contribution is 9.10. The third-order valence-corrected chi connectivity index (χ3v) is 3.73. The molecule has 112 valence electrons. The normalized spacial score (nSPS) is 10.4. The first-order chi connectivity index (χ1) is 10.2.